The number of rotatable bonds is 7. The van der Waals surface area contributed by atoms with E-state index in [-0.39, 0.29) is 11.8 Å². The van der Waals surface area contributed by atoms with Gasteiger partial charge in [0.05, 0.1) is 19.9 Å². The Morgan fingerprint density at radius 2 is 1.61 bits per heavy atom. The molecule has 0 bridgehead atoms. The predicted octanol–water partition coefficient (Wildman–Crippen LogP) is 5.64. The molecule has 5 rings (SSSR count). The van der Waals surface area contributed by atoms with Gasteiger partial charge in [-0.25, -0.2) is 0 Å². The normalized spacial score (nSPS) is 22.0. The number of nitrogens with zero attached hydrogens (tertiary/aromatic N) is 1. The minimum atomic E-state index is -0.972. The van der Waals surface area contributed by atoms with Crippen molar-refractivity contribution < 1.29 is 19.1 Å². The van der Waals surface area contributed by atoms with Crippen molar-refractivity contribution >= 4 is 17.5 Å². The van der Waals surface area contributed by atoms with Crippen molar-refractivity contribution in [3.8, 4) is 11.5 Å². The van der Waals surface area contributed by atoms with Gasteiger partial charge in [-0.15, -0.1) is 0 Å². The molecule has 6 heteroatoms. The Bertz CT molecular complexity index is 1310. The number of benzene rings is 3. The first-order chi connectivity index (χ1) is 18.4. The van der Waals surface area contributed by atoms with Crippen LogP contribution in [0.4, 0.5) is 5.69 Å². The van der Waals surface area contributed by atoms with Crippen molar-refractivity contribution in [3.05, 3.63) is 89.5 Å². The number of nitrogens with one attached hydrogen (secondary N) is 1. The van der Waals surface area contributed by atoms with E-state index in [1.807, 2.05) is 35.2 Å². The van der Waals surface area contributed by atoms with E-state index in [4.69, 9.17) is 9.47 Å². The number of hydrogen-bond acceptors (Lipinski definition) is 4. The van der Waals surface area contributed by atoms with Crippen LogP contribution in [0, 0.1) is 11.8 Å². The summed E-state index contributed by atoms with van der Waals surface area (Å²) in [5.41, 5.74) is 3.38. The lowest BCUT2D eigenvalue weighted by Gasteiger charge is -2.50. The Balaban J connectivity index is 1.52. The molecule has 0 aromatic heterocycles. The topological polar surface area (TPSA) is 67.9 Å². The monoisotopic (exact) mass is 512 g/mol. The summed E-state index contributed by atoms with van der Waals surface area (Å²) in [6, 6.07) is 23.9. The zero-order valence-corrected chi connectivity index (χ0v) is 22.4. The van der Waals surface area contributed by atoms with Crippen molar-refractivity contribution in [3.63, 3.8) is 0 Å². The van der Waals surface area contributed by atoms with Crippen LogP contribution >= 0.6 is 0 Å². The number of anilines is 1. The van der Waals surface area contributed by atoms with Crippen molar-refractivity contribution in [1.29, 1.82) is 0 Å². The lowest BCUT2D eigenvalue weighted by Crippen LogP contribution is -2.61. The largest absolute Gasteiger partial charge is 0.497 e. The van der Waals surface area contributed by atoms with Gasteiger partial charge in [-0.3, -0.25) is 9.59 Å². The summed E-state index contributed by atoms with van der Waals surface area (Å²) in [6.45, 7) is 1.96. The van der Waals surface area contributed by atoms with E-state index in [0.29, 0.717) is 48.4 Å². The molecule has 198 valence electrons. The smallest absolute Gasteiger partial charge is 0.250 e. The van der Waals surface area contributed by atoms with Crippen molar-refractivity contribution in [2.75, 3.05) is 19.5 Å². The molecule has 2 aliphatic carbocycles. The fourth-order valence-electron chi connectivity index (χ4n) is 6.44. The molecule has 6 nitrogen and oxygen atoms in total. The third-order valence-electron chi connectivity index (χ3n) is 8.44. The highest BCUT2D eigenvalue weighted by Crippen LogP contribution is 2.47. The molecule has 1 saturated carbocycles. The number of hydrogen-bond donors (Lipinski definition) is 1. The maximum absolute atomic E-state index is 14.4. The standard InChI is InChI=1S/C32H36N2O4/c1-22(35)34(21-23-9-5-4-6-10-23)32(31(36)33-29-14-13-28(37-2)19-30(29)38-3)16-15-26-17-24-11-7-8-12-25(24)18-27(26)20-32/h4-14,19,26-27H,15-18,20-21H2,1-3H3,(H,33,36)/t26-,27+,32-/m0/s1. The molecule has 0 unspecified atom stereocenters. The lowest BCUT2D eigenvalue weighted by molar-refractivity contribution is -0.149. The van der Waals surface area contributed by atoms with Gasteiger partial charge in [0.25, 0.3) is 0 Å². The first-order valence-electron chi connectivity index (χ1n) is 13.4. The average molecular weight is 513 g/mol. The van der Waals surface area contributed by atoms with Gasteiger partial charge in [0.15, 0.2) is 0 Å². The van der Waals surface area contributed by atoms with Gasteiger partial charge in [-0.2, -0.15) is 0 Å². The van der Waals surface area contributed by atoms with Crippen LogP contribution in [-0.4, -0.2) is 36.5 Å². The Hall–Kier alpha value is -3.80. The Labute approximate surface area is 225 Å². The highest BCUT2D eigenvalue weighted by molar-refractivity contribution is 6.01. The molecular formula is C32H36N2O4. The van der Waals surface area contributed by atoms with Crippen molar-refractivity contribution in [2.24, 2.45) is 11.8 Å². The Morgan fingerprint density at radius 3 is 2.26 bits per heavy atom. The molecule has 0 heterocycles. The maximum Gasteiger partial charge on any atom is 0.250 e. The maximum atomic E-state index is 14.4. The highest BCUT2D eigenvalue weighted by atomic mass is 16.5. The van der Waals surface area contributed by atoms with Gasteiger partial charge >= 0.3 is 0 Å². The van der Waals surface area contributed by atoms with Crippen LogP contribution in [-0.2, 0) is 29.0 Å². The van der Waals surface area contributed by atoms with Crippen LogP contribution in [0.5, 0.6) is 11.5 Å². The molecule has 38 heavy (non-hydrogen) atoms. The van der Waals surface area contributed by atoms with Crippen LogP contribution in [0.1, 0.15) is 42.9 Å². The minimum absolute atomic E-state index is 0.0969. The van der Waals surface area contributed by atoms with Gasteiger partial charge in [0, 0.05) is 19.5 Å². The summed E-state index contributed by atoms with van der Waals surface area (Å²) in [5, 5.41) is 3.15. The zero-order chi connectivity index (χ0) is 26.7. The zero-order valence-electron chi connectivity index (χ0n) is 22.4. The van der Waals surface area contributed by atoms with Crippen LogP contribution in [0.15, 0.2) is 72.8 Å². The molecule has 2 amide bonds. The SMILES string of the molecule is COc1ccc(NC(=O)[C@]2(N(Cc3ccccc3)C(C)=O)CC[C@H]3Cc4ccccc4C[C@@H]3C2)c(OC)c1. The third-order valence-corrected chi connectivity index (χ3v) is 8.44. The minimum Gasteiger partial charge on any atom is -0.497 e. The summed E-state index contributed by atoms with van der Waals surface area (Å²) in [6.07, 6.45) is 4.10. The van der Waals surface area contributed by atoms with Crippen LogP contribution in [0.3, 0.4) is 0 Å². The van der Waals surface area contributed by atoms with Gasteiger partial charge in [-0.1, -0.05) is 54.6 Å². The fourth-order valence-corrected chi connectivity index (χ4v) is 6.44. The second-order valence-electron chi connectivity index (χ2n) is 10.6. The molecule has 3 aromatic carbocycles. The van der Waals surface area contributed by atoms with Crippen molar-refractivity contribution in [1.82, 2.24) is 4.90 Å². The summed E-state index contributed by atoms with van der Waals surface area (Å²) in [5.74, 6) is 1.73. The van der Waals surface area contributed by atoms with Gasteiger partial charge in [0.1, 0.15) is 17.0 Å². The Morgan fingerprint density at radius 1 is 0.921 bits per heavy atom. The summed E-state index contributed by atoms with van der Waals surface area (Å²) in [4.78, 5) is 29.5. The molecule has 3 atom stereocenters. The second kappa shape index (κ2) is 10.9. The predicted molar refractivity (Wildman–Crippen MR) is 148 cm³/mol. The van der Waals surface area contributed by atoms with Crippen LogP contribution < -0.4 is 14.8 Å². The van der Waals surface area contributed by atoms with Crippen molar-refractivity contribution in [2.45, 2.75) is 51.1 Å². The molecule has 2 aliphatic rings. The number of fused-ring (bicyclic) bond motifs is 2. The molecular weight excluding hydrogens is 476 g/mol. The number of carbonyl (C=O) groups is 2. The van der Waals surface area contributed by atoms with E-state index in [9.17, 15) is 9.59 Å². The molecule has 3 aromatic rings. The second-order valence-corrected chi connectivity index (χ2v) is 10.6. The fraction of sp³-hybridized carbons (Fsp3) is 0.375. The number of ether oxygens (including phenoxy) is 2. The molecule has 0 aliphatic heterocycles. The molecule has 1 fully saturated rings. The van der Waals surface area contributed by atoms with Gasteiger partial charge in [-0.05, 0) is 72.8 Å². The lowest BCUT2D eigenvalue weighted by atomic mass is 9.62. The van der Waals surface area contributed by atoms with E-state index in [1.165, 1.54) is 11.1 Å². The quantitative estimate of drug-likeness (QED) is 0.445. The molecule has 0 saturated heterocycles. The van der Waals surface area contributed by atoms with E-state index in [0.717, 1.165) is 24.8 Å². The first kappa shape index (κ1) is 25.8. The Kier molecular flexibility index (Phi) is 7.41. The van der Waals surface area contributed by atoms with E-state index < -0.39 is 5.54 Å². The first-order valence-corrected chi connectivity index (χ1v) is 13.4. The number of methoxy groups -OCH3 is 2. The number of amides is 2. The molecule has 0 radical (unpaired) electrons. The third kappa shape index (κ3) is 5.00. The summed E-state index contributed by atoms with van der Waals surface area (Å²) in [7, 11) is 3.17. The summed E-state index contributed by atoms with van der Waals surface area (Å²) < 4.78 is 10.9. The molecule has 1 N–H and O–H groups in total. The van der Waals surface area contributed by atoms with E-state index in [1.54, 1.807) is 39.3 Å². The summed E-state index contributed by atoms with van der Waals surface area (Å²) >= 11 is 0. The van der Waals surface area contributed by atoms with Crippen LogP contribution in [0.2, 0.25) is 0 Å². The van der Waals surface area contributed by atoms with Gasteiger partial charge in [0.2, 0.25) is 11.8 Å². The highest BCUT2D eigenvalue weighted by Gasteiger charge is 2.51. The number of carbonyl (C=O) groups excluding carboxylic acids is 2. The van der Waals surface area contributed by atoms with Gasteiger partial charge < -0.3 is 19.7 Å². The molecule has 0 spiro atoms. The average Bonchev–Trinajstić information content (AvgIpc) is 2.95. The van der Waals surface area contributed by atoms with E-state index >= 15 is 0 Å². The van der Waals surface area contributed by atoms with E-state index in [2.05, 4.69) is 29.6 Å². The van der Waals surface area contributed by atoms with Crippen LogP contribution in [0.25, 0.3) is 0 Å².